The van der Waals surface area contributed by atoms with Crippen molar-refractivity contribution < 1.29 is 34.8 Å². The number of aliphatic imine (C=N–C) groups is 1. The SMILES string of the molecule is COc1cc2c(cc1O)C(CCC(O)c1cc(CC3CCN=C(N)N3)c3cc(O)ccc3c1)C#CC(C(O)CCCCC1CNC3CC(=O)CCC3C1)C(=O)CC2. The van der Waals surface area contributed by atoms with E-state index >= 15 is 0 Å². The van der Waals surface area contributed by atoms with Gasteiger partial charge in [-0.15, -0.1) is 0 Å². The lowest BCUT2D eigenvalue weighted by Gasteiger charge is -2.39. The maximum absolute atomic E-state index is 13.7. The van der Waals surface area contributed by atoms with Crippen molar-refractivity contribution in [2.45, 2.75) is 120 Å². The summed E-state index contributed by atoms with van der Waals surface area (Å²) in [6.45, 7) is 1.56. The maximum atomic E-state index is 13.7. The number of carbonyl (C=O) groups excluding carboxylic acids is 2. The number of aromatic hydroxyl groups is 2. The summed E-state index contributed by atoms with van der Waals surface area (Å²) >= 11 is 0. The van der Waals surface area contributed by atoms with Crippen LogP contribution in [0.25, 0.3) is 10.8 Å². The van der Waals surface area contributed by atoms with Crippen molar-refractivity contribution in [1.29, 1.82) is 0 Å². The van der Waals surface area contributed by atoms with Gasteiger partial charge in [-0.3, -0.25) is 14.6 Å². The minimum absolute atomic E-state index is 0.0177. The summed E-state index contributed by atoms with van der Waals surface area (Å²) < 4.78 is 5.43. The number of nitrogens with two attached hydrogens (primary N) is 1. The molecule has 2 fully saturated rings. The number of aryl methyl sites for hydroxylation is 1. The smallest absolute Gasteiger partial charge is 0.188 e. The number of nitrogens with zero attached hydrogens (tertiary/aromatic N) is 1. The molecule has 3 aromatic rings. The minimum atomic E-state index is -0.894. The third-order valence-corrected chi connectivity index (χ3v) is 12.8. The van der Waals surface area contributed by atoms with Gasteiger partial charge < -0.3 is 41.5 Å². The lowest BCUT2D eigenvalue weighted by molar-refractivity contribution is -0.124. The van der Waals surface area contributed by atoms with E-state index < -0.39 is 24.0 Å². The highest BCUT2D eigenvalue weighted by Crippen LogP contribution is 2.39. The van der Waals surface area contributed by atoms with Crippen molar-refractivity contribution in [2.24, 2.45) is 28.5 Å². The number of carbonyl (C=O) groups is 2. The number of benzene rings is 3. The molecule has 2 aliphatic carbocycles. The summed E-state index contributed by atoms with van der Waals surface area (Å²) in [6.07, 6.45) is 7.87. The van der Waals surface area contributed by atoms with Gasteiger partial charge in [-0.05, 0) is 140 Å². The second kappa shape index (κ2) is 18.3. The summed E-state index contributed by atoms with van der Waals surface area (Å²) in [7, 11) is 1.49. The molecule has 0 aromatic heterocycles. The van der Waals surface area contributed by atoms with Crippen molar-refractivity contribution in [3.63, 3.8) is 0 Å². The molecule has 2 heterocycles. The number of phenolic OH excluding ortho intramolecular Hbond substituents is 2. The van der Waals surface area contributed by atoms with Gasteiger partial charge in [0, 0.05) is 43.8 Å². The molecule has 8 N–H and O–H groups in total. The topological polar surface area (TPSA) is 187 Å². The summed E-state index contributed by atoms with van der Waals surface area (Å²) in [5, 5.41) is 53.0. The number of hydrogen-bond donors (Lipinski definition) is 7. The molecule has 0 radical (unpaired) electrons. The van der Waals surface area contributed by atoms with Crippen LogP contribution < -0.4 is 21.1 Å². The zero-order chi connectivity index (χ0) is 40.1. The Bertz CT molecular complexity index is 2040. The molecule has 1 saturated heterocycles. The molecule has 57 heavy (non-hydrogen) atoms. The molecule has 11 heteroatoms. The fourth-order valence-corrected chi connectivity index (χ4v) is 9.60. The monoisotopic (exact) mass is 778 g/mol. The fourth-order valence-electron chi connectivity index (χ4n) is 9.60. The predicted molar refractivity (Wildman–Crippen MR) is 220 cm³/mol. The van der Waals surface area contributed by atoms with E-state index in [1.807, 2.05) is 18.2 Å². The van der Waals surface area contributed by atoms with E-state index in [-0.39, 0.29) is 29.7 Å². The number of aliphatic hydroxyl groups is 2. The van der Waals surface area contributed by atoms with Crippen LogP contribution in [0.1, 0.15) is 111 Å². The lowest BCUT2D eigenvalue weighted by Crippen LogP contribution is -2.48. The number of Topliss-reactive ketones (excluding diaryl/α,β-unsaturated/α-hetero) is 2. The zero-order valence-electron chi connectivity index (χ0n) is 33.0. The third kappa shape index (κ3) is 9.92. The summed E-state index contributed by atoms with van der Waals surface area (Å²) in [5.74, 6) is 7.57. The first kappa shape index (κ1) is 40.6. The Morgan fingerprint density at radius 1 is 0.982 bits per heavy atom. The molecule has 3 aromatic carbocycles. The second-order valence-electron chi connectivity index (χ2n) is 16.8. The number of guanidine groups is 1. The van der Waals surface area contributed by atoms with Gasteiger partial charge in [-0.2, -0.15) is 0 Å². The van der Waals surface area contributed by atoms with E-state index in [0.717, 1.165) is 78.1 Å². The molecule has 4 aliphatic rings. The number of rotatable bonds is 13. The van der Waals surface area contributed by atoms with E-state index in [1.165, 1.54) is 7.11 Å². The highest BCUT2D eigenvalue weighted by molar-refractivity contribution is 5.88. The van der Waals surface area contributed by atoms with Crippen LogP contribution in [0.15, 0.2) is 47.5 Å². The van der Waals surface area contributed by atoms with Crippen molar-refractivity contribution in [1.82, 2.24) is 10.6 Å². The fraction of sp³-hybridized carbons (Fsp3) is 0.543. The van der Waals surface area contributed by atoms with Gasteiger partial charge in [0.05, 0.1) is 19.3 Å². The van der Waals surface area contributed by atoms with Crippen LogP contribution in [-0.4, -0.2) is 76.3 Å². The number of ketones is 2. The van der Waals surface area contributed by atoms with Crippen molar-refractivity contribution >= 4 is 28.3 Å². The van der Waals surface area contributed by atoms with Gasteiger partial charge in [0.2, 0.25) is 0 Å². The lowest BCUT2D eigenvalue weighted by atomic mass is 9.74. The zero-order valence-corrected chi connectivity index (χ0v) is 33.0. The Balaban J connectivity index is 1.05. The van der Waals surface area contributed by atoms with E-state index in [0.29, 0.717) is 86.9 Å². The normalized spacial score (nSPS) is 26.0. The average Bonchev–Trinajstić information content (AvgIpc) is 3.26. The van der Waals surface area contributed by atoms with E-state index in [2.05, 4.69) is 27.5 Å². The molecule has 7 rings (SSSR count). The van der Waals surface area contributed by atoms with Crippen LogP contribution in [0.4, 0.5) is 0 Å². The van der Waals surface area contributed by atoms with Crippen LogP contribution in [0.5, 0.6) is 17.2 Å². The highest BCUT2D eigenvalue weighted by Gasteiger charge is 2.35. The molecule has 8 unspecified atom stereocenters. The van der Waals surface area contributed by atoms with Gasteiger partial charge >= 0.3 is 0 Å². The number of ether oxygens (including phenoxy) is 1. The Labute approximate surface area is 335 Å². The van der Waals surface area contributed by atoms with Crippen molar-refractivity contribution in [3.05, 3.63) is 64.7 Å². The largest absolute Gasteiger partial charge is 0.508 e. The van der Waals surface area contributed by atoms with Gasteiger partial charge in [0.25, 0.3) is 0 Å². The molecule has 0 bridgehead atoms. The maximum Gasteiger partial charge on any atom is 0.188 e. The van der Waals surface area contributed by atoms with Gasteiger partial charge in [-0.25, -0.2) is 0 Å². The molecule has 1 saturated carbocycles. The summed E-state index contributed by atoms with van der Waals surface area (Å²) in [5.41, 5.74) is 9.35. The Morgan fingerprint density at radius 3 is 2.67 bits per heavy atom. The van der Waals surface area contributed by atoms with Crippen LogP contribution in [0, 0.1) is 29.6 Å². The number of methoxy groups -OCH3 is 1. The van der Waals surface area contributed by atoms with Crippen LogP contribution in [0.3, 0.4) is 0 Å². The van der Waals surface area contributed by atoms with Gasteiger partial charge in [0.1, 0.15) is 17.5 Å². The number of fused-ring (bicyclic) bond motifs is 3. The molecule has 2 aliphatic heterocycles. The first-order valence-corrected chi connectivity index (χ1v) is 20.9. The first-order chi connectivity index (χ1) is 27.5. The quantitative estimate of drug-likeness (QED) is 0.0866. The third-order valence-electron chi connectivity index (χ3n) is 12.8. The molecule has 304 valence electrons. The highest BCUT2D eigenvalue weighted by atomic mass is 16.5. The minimum Gasteiger partial charge on any atom is -0.508 e. The Hall–Kier alpha value is -4.63. The second-order valence-corrected chi connectivity index (χ2v) is 16.8. The molecule has 0 amide bonds. The van der Waals surface area contributed by atoms with Crippen molar-refractivity contribution in [3.8, 4) is 29.1 Å². The van der Waals surface area contributed by atoms with Crippen LogP contribution in [-0.2, 0) is 22.4 Å². The molecular formula is C46H58N4O7. The Kier molecular flexibility index (Phi) is 13.0. The van der Waals surface area contributed by atoms with E-state index in [1.54, 1.807) is 24.3 Å². The average molecular weight is 779 g/mol. The van der Waals surface area contributed by atoms with Crippen molar-refractivity contribution in [2.75, 3.05) is 20.2 Å². The van der Waals surface area contributed by atoms with Crippen LogP contribution in [0.2, 0.25) is 0 Å². The molecule has 0 spiro atoms. The van der Waals surface area contributed by atoms with Gasteiger partial charge in [-0.1, -0.05) is 36.8 Å². The first-order valence-electron chi connectivity index (χ1n) is 20.9. The van der Waals surface area contributed by atoms with Gasteiger partial charge in [0.15, 0.2) is 23.2 Å². The molecule has 11 nitrogen and oxygen atoms in total. The standard InChI is InChI=1S/C46H58N4O7/c1-57-45-22-30-10-15-43(55)37(42(54)5-3-2-4-27-18-31-7-12-36(52)24-40(31)49-26-27)13-8-28(39(30)25-44(45)56)9-14-41(53)33-19-29-6-11-35(51)23-38(29)32(20-33)21-34-16-17-48-46(47)50-34/h6,11,19-20,22-23,25,27-28,31,34,37,40-42,49,51,53-54,56H,2-5,7,9-10,12,14-18,21,24,26H2,1H3,(H3,47,48,50). The number of nitrogens with one attached hydrogen (secondary N) is 2. The summed E-state index contributed by atoms with van der Waals surface area (Å²) in [6, 6.07) is 13.0. The number of unbranched alkanes of at least 4 members (excludes halogenated alkanes) is 1. The number of phenols is 2. The predicted octanol–water partition coefficient (Wildman–Crippen LogP) is 5.48. The number of piperidine rings is 1. The van der Waals surface area contributed by atoms with Crippen LogP contribution >= 0.6 is 0 Å². The van der Waals surface area contributed by atoms with E-state index in [4.69, 9.17) is 10.5 Å². The molecular weight excluding hydrogens is 721 g/mol. The number of hydrogen-bond acceptors (Lipinski definition) is 11. The molecule has 8 atom stereocenters. The summed E-state index contributed by atoms with van der Waals surface area (Å²) in [4.78, 5) is 29.8. The Morgan fingerprint density at radius 2 is 1.84 bits per heavy atom. The van der Waals surface area contributed by atoms with E-state index in [9.17, 15) is 30.0 Å². The number of aliphatic hydroxyl groups excluding tert-OH is 2.